The maximum Gasteiger partial charge on any atom is 0.128 e. The van der Waals surface area contributed by atoms with Gasteiger partial charge in [-0.1, -0.05) is 15.9 Å². The second-order valence-electron chi connectivity index (χ2n) is 4.44. The van der Waals surface area contributed by atoms with Crippen LogP contribution in [0.1, 0.15) is 31.9 Å². The Morgan fingerprint density at radius 2 is 2.12 bits per heavy atom. The molecule has 0 amide bonds. The lowest BCUT2D eigenvalue weighted by molar-refractivity contribution is 0.00973. The summed E-state index contributed by atoms with van der Waals surface area (Å²) < 4.78 is 19.7. The smallest absolute Gasteiger partial charge is 0.128 e. The van der Waals surface area contributed by atoms with E-state index in [0.717, 1.165) is 4.47 Å². The Morgan fingerprint density at radius 1 is 1.50 bits per heavy atom. The molecule has 4 heteroatoms. The average Bonchev–Trinajstić information content (AvgIpc) is 2.21. The van der Waals surface area contributed by atoms with Crippen molar-refractivity contribution in [1.82, 2.24) is 0 Å². The number of rotatable bonds is 4. The van der Waals surface area contributed by atoms with Crippen LogP contribution in [0, 0.1) is 5.82 Å². The Balaban J connectivity index is 2.88. The van der Waals surface area contributed by atoms with Crippen molar-refractivity contribution < 1.29 is 9.13 Å². The van der Waals surface area contributed by atoms with E-state index in [1.807, 2.05) is 13.8 Å². The minimum atomic E-state index is -0.368. The summed E-state index contributed by atoms with van der Waals surface area (Å²) in [5.41, 5.74) is 6.15. The molecule has 1 aromatic carbocycles. The molecule has 1 atom stereocenters. The van der Waals surface area contributed by atoms with E-state index in [4.69, 9.17) is 10.5 Å². The van der Waals surface area contributed by atoms with Gasteiger partial charge in [0.2, 0.25) is 0 Å². The summed E-state index contributed by atoms with van der Waals surface area (Å²) in [6, 6.07) is 4.42. The van der Waals surface area contributed by atoms with Gasteiger partial charge >= 0.3 is 0 Å². The first kappa shape index (κ1) is 13.6. The number of nitrogens with two attached hydrogens (primary N) is 1. The van der Waals surface area contributed by atoms with Crippen LogP contribution in [0.2, 0.25) is 0 Å². The second kappa shape index (κ2) is 5.25. The van der Waals surface area contributed by atoms with Crippen molar-refractivity contribution in [3.63, 3.8) is 0 Å². The largest absolute Gasteiger partial charge is 0.379 e. The molecule has 0 aliphatic carbocycles. The Bertz CT molecular complexity index is 368. The zero-order valence-electron chi connectivity index (χ0n) is 9.76. The Morgan fingerprint density at radius 3 is 2.69 bits per heavy atom. The Hall–Kier alpha value is -0.450. The summed E-state index contributed by atoms with van der Waals surface area (Å²) in [7, 11) is 1.63. The predicted octanol–water partition coefficient (Wildman–Crippen LogP) is 3.40. The molecule has 0 bridgehead atoms. The summed E-state index contributed by atoms with van der Waals surface area (Å²) in [5, 5.41) is 0. The number of benzene rings is 1. The van der Waals surface area contributed by atoms with Crippen molar-refractivity contribution in [2.75, 3.05) is 7.11 Å². The summed E-state index contributed by atoms with van der Waals surface area (Å²) in [6.07, 6.45) is 0.566. The number of hydrogen-bond donors (Lipinski definition) is 1. The lowest BCUT2D eigenvalue weighted by Crippen LogP contribution is -2.29. The molecule has 0 saturated heterocycles. The highest BCUT2D eigenvalue weighted by molar-refractivity contribution is 9.10. The maximum atomic E-state index is 13.6. The van der Waals surface area contributed by atoms with Gasteiger partial charge in [-0.05, 0) is 38.5 Å². The quantitative estimate of drug-likeness (QED) is 0.922. The van der Waals surface area contributed by atoms with Crippen LogP contribution >= 0.6 is 15.9 Å². The van der Waals surface area contributed by atoms with Crippen molar-refractivity contribution in [3.05, 3.63) is 34.1 Å². The highest BCUT2D eigenvalue weighted by atomic mass is 79.9. The third-order valence-corrected chi connectivity index (χ3v) is 3.11. The summed E-state index contributed by atoms with van der Waals surface area (Å²) in [4.78, 5) is 0. The van der Waals surface area contributed by atoms with Gasteiger partial charge in [-0.3, -0.25) is 0 Å². The van der Waals surface area contributed by atoms with E-state index in [0.29, 0.717) is 12.0 Å². The summed E-state index contributed by atoms with van der Waals surface area (Å²) in [5.74, 6) is -0.275. The molecule has 0 radical (unpaired) electrons. The van der Waals surface area contributed by atoms with Gasteiger partial charge in [-0.15, -0.1) is 0 Å². The van der Waals surface area contributed by atoms with Gasteiger partial charge in [0.25, 0.3) is 0 Å². The standard InChI is InChI=1S/C12H17BrFNO/c1-12(2,16-3)7-11(15)9-6-8(13)4-5-10(9)14/h4-6,11H,7,15H2,1-3H3. The van der Waals surface area contributed by atoms with E-state index in [-0.39, 0.29) is 17.5 Å². The van der Waals surface area contributed by atoms with Gasteiger partial charge in [-0.25, -0.2) is 4.39 Å². The van der Waals surface area contributed by atoms with Crippen LogP contribution in [0.15, 0.2) is 22.7 Å². The van der Waals surface area contributed by atoms with Crippen molar-refractivity contribution in [3.8, 4) is 0 Å². The number of halogens is 2. The van der Waals surface area contributed by atoms with Gasteiger partial charge < -0.3 is 10.5 Å². The fourth-order valence-electron chi connectivity index (χ4n) is 1.52. The fraction of sp³-hybridized carbons (Fsp3) is 0.500. The Kier molecular flexibility index (Phi) is 4.47. The zero-order chi connectivity index (χ0) is 12.3. The number of hydrogen-bond acceptors (Lipinski definition) is 2. The molecule has 0 aromatic heterocycles. The molecule has 0 aliphatic heterocycles. The van der Waals surface area contributed by atoms with Crippen LogP contribution in [0.25, 0.3) is 0 Å². The van der Waals surface area contributed by atoms with Crippen molar-refractivity contribution >= 4 is 15.9 Å². The monoisotopic (exact) mass is 289 g/mol. The van der Waals surface area contributed by atoms with Gasteiger partial charge in [0.05, 0.1) is 5.60 Å². The predicted molar refractivity (Wildman–Crippen MR) is 66.7 cm³/mol. The molecule has 0 aliphatic rings. The van der Waals surface area contributed by atoms with E-state index in [9.17, 15) is 4.39 Å². The molecular formula is C12H17BrFNO. The maximum absolute atomic E-state index is 13.6. The molecule has 1 unspecified atom stereocenters. The second-order valence-corrected chi connectivity index (χ2v) is 5.36. The van der Waals surface area contributed by atoms with E-state index in [1.54, 1.807) is 19.2 Å². The average molecular weight is 290 g/mol. The molecule has 1 aromatic rings. The van der Waals surface area contributed by atoms with Crippen LogP contribution in [0.4, 0.5) is 4.39 Å². The van der Waals surface area contributed by atoms with Crippen LogP contribution in [0.5, 0.6) is 0 Å². The van der Waals surface area contributed by atoms with Gasteiger partial charge in [0.15, 0.2) is 0 Å². The lowest BCUT2D eigenvalue weighted by Gasteiger charge is -2.26. The minimum Gasteiger partial charge on any atom is -0.379 e. The zero-order valence-corrected chi connectivity index (χ0v) is 11.3. The van der Waals surface area contributed by atoms with Gasteiger partial charge in [0.1, 0.15) is 5.82 Å². The highest BCUT2D eigenvalue weighted by Gasteiger charge is 2.23. The van der Waals surface area contributed by atoms with Crippen LogP contribution < -0.4 is 5.73 Å². The molecule has 0 spiro atoms. The van der Waals surface area contributed by atoms with Crippen molar-refractivity contribution in [2.24, 2.45) is 5.73 Å². The third-order valence-electron chi connectivity index (χ3n) is 2.62. The number of ether oxygens (including phenoxy) is 1. The normalized spacial score (nSPS) is 13.9. The molecule has 0 heterocycles. The number of methoxy groups -OCH3 is 1. The first-order valence-corrected chi connectivity index (χ1v) is 5.91. The van der Waals surface area contributed by atoms with E-state index >= 15 is 0 Å². The summed E-state index contributed by atoms with van der Waals surface area (Å²) in [6.45, 7) is 3.87. The molecular weight excluding hydrogens is 273 g/mol. The minimum absolute atomic E-state index is 0.275. The molecule has 2 nitrogen and oxygen atoms in total. The van der Waals surface area contributed by atoms with Gasteiger partial charge in [-0.2, -0.15) is 0 Å². The SMILES string of the molecule is COC(C)(C)CC(N)c1cc(Br)ccc1F. The third kappa shape index (κ3) is 3.54. The van der Waals surface area contributed by atoms with E-state index < -0.39 is 0 Å². The summed E-state index contributed by atoms with van der Waals surface area (Å²) >= 11 is 3.31. The van der Waals surface area contributed by atoms with Crippen molar-refractivity contribution in [1.29, 1.82) is 0 Å². The van der Waals surface area contributed by atoms with E-state index in [1.165, 1.54) is 6.07 Å². The molecule has 2 N–H and O–H groups in total. The topological polar surface area (TPSA) is 35.2 Å². The van der Waals surface area contributed by atoms with Crippen molar-refractivity contribution in [2.45, 2.75) is 31.9 Å². The molecule has 0 fully saturated rings. The molecule has 90 valence electrons. The first-order valence-electron chi connectivity index (χ1n) is 5.11. The lowest BCUT2D eigenvalue weighted by atomic mass is 9.94. The van der Waals surface area contributed by atoms with Crippen LogP contribution in [-0.4, -0.2) is 12.7 Å². The molecule has 16 heavy (non-hydrogen) atoms. The molecule has 0 saturated carbocycles. The van der Waals surface area contributed by atoms with Gasteiger partial charge in [0, 0.05) is 23.2 Å². The molecule has 1 rings (SSSR count). The van der Waals surface area contributed by atoms with E-state index in [2.05, 4.69) is 15.9 Å². The first-order chi connectivity index (χ1) is 7.35. The fourth-order valence-corrected chi connectivity index (χ4v) is 1.90. The van der Waals surface area contributed by atoms with Crippen LogP contribution in [0.3, 0.4) is 0 Å². The van der Waals surface area contributed by atoms with Crippen LogP contribution in [-0.2, 0) is 4.74 Å². The highest BCUT2D eigenvalue weighted by Crippen LogP contribution is 2.27. The Labute approximate surface area is 104 Å².